The molecule has 4 rings (SSSR count). The summed E-state index contributed by atoms with van der Waals surface area (Å²) >= 11 is 0. The van der Waals surface area contributed by atoms with Crippen molar-refractivity contribution in [3.8, 4) is 0 Å². The summed E-state index contributed by atoms with van der Waals surface area (Å²) in [5.41, 5.74) is 2.27. The fourth-order valence-corrected chi connectivity index (χ4v) is 2.87. The van der Waals surface area contributed by atoms with E-state index >= 15 is 0 Å². The summed E-state index contributed by atoms with van der Waals surface area (Å²) < 4.78 is 29.0. The zero-order valence-electron chi connectivity index (χ0n) is 12.9. The molecule has 0 spiro atoms. The number of hydrogen-bond donors (Lipinski definition) is 1. The second-order valence-corrected chi connectivity index (χ2v) is 5.65. The van der Waals surface area contributed by atoms with Gasteiger partial charge in [-0.2, -0.15) is 10.1 Å². The molecule has 2 heterocycles. The van der Waals surface area contributed by atoms with Gasteiger partial charge in [0.1, 0.15) is 23.5 Å². The lowest BCUT2D eigenvalue weighted by Crippen LogP contribution is -2.20. The predicted octanol–water partition coefficient (Wildman–Crippen LogP) is 3.92. The Hall–Kier alpha value is -3.02. The fraction of sp³-hybridized carbons (Fsp3) is 0.111. The van der Waals surface area contributed by atoms with E-state index in [9.17, 15) is 8.78 Å². The van der Waals surface area contributed by atoms with E-state index in [-0.39, 0.29) is 0 Å². The molecule has 24 heavy (non-hydrogen) atoms. The number of aromatic nitrogens is 3. The van der Waals surface area contributed by atoms with Crippen LogP contribution in [0.3, 0.4) is 0 Å². The van der Waals surface area contributed by atoms with Crippen molar-refractivity contribution < 1.29 is 8.78 Å². The summed E-state index contributed by atoms with van der Waals surface area (Å²) in [6, 6.07) is 12.8. The van der Waals surface area contributed by atoms with Crippen LogP contribution in [0.4, 0.5) is 14.7 Å². The first-order valence-corrected chi connectivity index (χ1v) is 7.53. The van der Waals surface area contributed by atoms with Crippen LogP contribution in [0, 0.1) is 18.6 Å². The Morgan fingerprint density at radius 2 is 1.75 bits per heavy atom. The largest absolute Gasteiger partial charge is 0.324 e. The molecule has 0 fully saturated rings. The third-order valence-corrected chi connectivity index (χ3v) is 3.88. The molecule has 1 aliphatic heterocycles. The molecule has 3 aromatic rings. The second-order valence-electron chi connectivity index (χ2n) is 5.65. The molecule has 0 radical (unpaired) electrons. The monoisotopic (exact) mass is 324 g/mol. The van der Waals surface area contributed by atoms with Gasteiger partial charge in [-0.1, -0.05) is 30.3 Å². The van der Waals surface area contributed by atoms with Crippen molar-refractivity contribution >= 4 is 11.6 Å². The minimum absolute atomic E-state index is 0.442. The van der Waals surface area contributed by atoms with Gasteiger partial charge in [0.15, 0.2) is 0 Å². The molecule has 2 aromatic carbocycles. The van der Waals surface area contributed by atoms with E-state index in [0.29, 0.717) is 17.3 Å². The molecule has 4 nitrogen and oxygen atoms in total. The number of fused-ring (bicyclic) bond motifs is 1. The van der Waals surface area contributed by atoms with Gasteiger partial charge in [0, 0.05) is 11.8 Å². The second kappa shape index (κ2) is 5.56. The topological polar surface area (TPSA) is 42.7 Å². The van der Waals surface area contributed by atoms with Gasteiger partial charge >= 0.3 is 0 Å². The normalized spacial score (nSPS) is 16.3. The van der Waals surface area contributed by atoms with Gasteiger partial charge in [0.25, 0.3) is 0 Å². The quantitative estimate of drug-likeness (QED) is 0.777. The molecule has 120 valence electrons. The van der Waals surface area contributed by atoms with Crippen molar-refractivity contribution in [2.24, 2.45) is 0 Å². The number of allylic oxidation sites excluding steroid dienone is 1. The van der Waals surface area contributed by atoms with Crippen molar-refractivity contribution in [1.82, 2.24) is 14.8 Å². The molecule has 0 amide bonds. The summed E-state index contributed by atoms with van der Waals surface area (Å²) in [7, 11) is 0. The lowest BCUT2D eigenvalue weighted by atomic mass is 10.0. The van der Waals surface area contributed by atoms with Crippen molar-refractivity contribution in [2.75, 3.05) is 5.32 Å². The number of nitrogens with one attached hydrogen (secondary N) is 1. The van der Waals surface area contributed by atoms with Crippen molar-refractivity contribution in [3.63, 3.8) is 0 Å². The molecule has 1 N–H and O–H groups in total. The summed E-state index contributed by atoms with van der Waals surface area (Å²) in [5.74, 6) is -0.0984. The Morgan fingerprint density at radius 3 is 2.46 bits per heavy atom. The Bertz CT molecular complexity index is 911. The van der Waals surface area contributed by atoms with Crippen LogP contribution in [-0.4, -0.2) is 14.8 Å². The van der Waals surface area contributed by atoms with Crippen molar-refractivity contribution in [2.45, 2.75) is 13.0 Å². The number of halogens is 2. The summed E-state index contributed by atoms with van der Waals surface area (Å²) in [4.78, 5) is 4.36. The van der Waals surface area contributed by atoms with Crippen LogP contribution >= 0.6 is 0 Å². The highest BCUT2D eigenvalue weighted by Gasteiger charge is 2.25. The van der Waals surface area contributed by atoms with Gasteiger partial charge in [-0.3, -0.25) is 0 Å². The van der Waals surface area contributed by atoms with Crippen LogP contribution in [0.15, 0.2) is 54.6 Å². The average Bonchev–Trinajstić information content (AvgIpc) is 2.94. The standard InChI is InChI=1S/C18H14F2N4/c1-11-21-18-22-16(12-5-3-2-4-6-12)10-17(24(18)23-11)13-7-14(19)9-15(20)8-13/h2-10,17H,1H3,(H,21,22,23)/t17-/m0/s1. The summed E-state index contributed by atoms with van der Waals surface area (Å²) in [6.07, 6.45) is 1.89. The summed E-state index contributed by atoms with van der Waals surface area (Å²) in [6.45, 7) is 1.78. The van der Waals surface area contributed by atoms with E-state index in [1.807, 2.05) is 36.4 Å². The molecule has 0 unspecified atom stereocenters. The molecule has 0 bridgehead atoms. The first-order valence-electron chi connectivity index (χ1n) is 7.53. The van der Waals surface area contributed by atoms with Crippen LogP contribution in [0.5, 0.6) is 0 Å². The SMILES string of the molecule is Cc1nc2n(n1)[C@H](c1cc(F)cc(F)c1)C=C(c1ccccc1)N2. The first-order chi connectivity index (χ1) is 11.6. The Labute approximate surface area is 137 Å². The smallest absolute Gasteiger partial charge is 0.226 e. The lowest BCUT2D eigenvalue weighted by molar-refractivity contribution is 0.560. The van der Waals surface area contributed by atoms with E-state index in [1.165, 1.54) is 12.1 Å². The van der Waals surface area contributed by atoms with Crippen molar-refractivity contribution in [1.29, 1.82) is 0 Å². The Morgan fingerprint density at radius 1 is 1.04 bits per heavy atom. The van der Waals surface area contributed by atoms with Crippen LogP contribution in [-0.2, 0) is 0 Å². The lowest BCUT2D eigenvalue weighted by Gasteiger charge is -2.24. The van der Waals surface area contributed by atoms with Gasteiger partial charge in [-0.05, 0) is 36.3 Å². The highest BCUT2D eigenvalue weighted by Crippen LogP contribution is 2.32. The van der Waals surface area contributed by atoms with Crippen LogP contribution < -0.4 is 5.32 Å². The number of anilines is 1. The van der Waals surface area contributed by atoms with Gasteiger partial charge in [0.2, 0.25) is 5.95 Å². The first kappa shape index (κ1) is 14.6. The van der Waals surface area contributed by atoms with Crippen LogP contribution in [0.25, 0.3) is 5.70 Å². The molecule has 1 aliphatic rings. The molecule has 6 heteroatoms. The van der Waals surface area contributed by atoms with E-state index in [1.54, 1.807) is 11.6 Å². The number of rotatable bonds is 2. The van der Waals surface area contributed by atoms with E-state index < -0.39 is 17.7 Å². The molecule has 0 saturated carbocycles. The maximum Gasteiger partial charge on any atom is 0.226 e. The number of nitrogens with zero attached hydrogens (tertiary/aromatic N) is 3. The fourth-order valence-electron chi connectivity index (χ4n) is 2.87. The molecule has 1 aromatic heterocycles. The van der Waals surface area contributed by atoms with Crippen molar-refractivity contribution in [3.05, 3.63) is 83.2 Å². The molecule has 0 aliphatic carbocycles. The molecular formula is C18H14F2N4. The van der Waals surface area contributed by atoms with E-state index in [4.69, 9.17) is 0 Å². The average molecular weight is 324 g/mol. The van der Waals surface area contributed by atoms with Crippen LogP contribution in [0.1, 0.15) is 23.0 Å². The molecule has 1 atom stereocenters. The highest BCUT2D eigenvalue weighted by molar-refractivity contribution is 5.77. The maximum absolute atomic E-state index is 13.7. The zero-order valence-corrected chi connectivity index (χ0v) is 12.9. The maximum atomic E-state index is 13.7. The van der Waals surface area contributed by atoms with Gasteiger partial charge in [-0.25, -0.2) is 13.5 Å². The highest BCUT2D eigenvalue weighted by atomic mass is 19.1. The number of hydrogen-bond acceptors (Lipinski definition) is 3. The van der Waals surface area contributed by atoms with E-state index in [0.717, 1.165) is 17.3 Å². The summed E-state index contributed by atoms with van der Waals surface area (Å²) in [5, 5.41) is 7.58. The predicted molar refractivity (Wildman–Crippen MR) is 87.3 cm³/mol. The van der Waals surface area contributed by atoms with E-state index in [2.05, 4.69) is 15.4 Å². The number of benzene rings is 2. The van der Waals surface area contributed by atoms with Gasteiger partial charge < -0.3 is 5.32 Å². The minimum Gasteiger partial charge on any atom is -0.324 e. The Kier molecular flexibility index (Phi) is 3.37. The van der Waals surface area contributed by atoms with Gasteiger partial charge in [0.05, 0.1) is 0 Å². The molecule has 0 saturated heterocycles. The van der Waals surface area contributed by atoms with Crippen LogP contribution in [0.2, 0.25) is 0 Å². The zero-order chi connectivity index (χ0) is 16.7. The Balaban J connectivity index is 1.87. The third kappa shape index (κ3) is 2.56. The molecular weight excluding hydrogens is 310 g/mol. The van der Waals surface area contributed by atoms with Gasteiger partial charge in [-0.15, -0.1) is 0 Å². The third-order valence-electron chi connectivity index (χ3n) is 3.88. The minimum atomic E-state index is -0.614. The number of aryl methyl sites for hydroxylation is 1.